The zero-order valence-electron chi connectivity index (χ0n) is 11.8. The van der Waals surface area contributed by atoms with E-state index in [1.54, 1.807) is 12.1 Å². The van der Waals surface area contributed by atoms with Gasteiger partial charge >= 0.3 is 0 Å². The zero-order valence-corrected chi connectivity index (χ0v) is 11.8. The van der Waals surface area contributed by atoms with Gasteiger partial charge in [0, 0.05) is 6.42 Å². The summed E-state index contributed by atoms with van der Waals surface area (Å²) >= 11 is 0. The van der Waals surface area contributed by atoms with Crippen molar-refractivity contribution >= 4 is 6.29 Å². The molecular weight excluding hydrogens is 251 g/mol. The molecule has 2 atom stereocenters. The lowest BCUT2D eigenvalue weighted by atomic mass is 9.42. The number of carbonyl (C=O) groups excluding carboxylic acids is 1. The van der Waals surface area contributed by atoms with Crippen LogP contribution in [0.3, 0.4) is 0 Å². The van der Waals surface area contributed by atoms with E-state index in [9.17, 15) is 9.18 Å². The van der Waals surface area contributed by atoms with Gasteiger partial charge in [-0.1, -0.05) is 12.1 Å². The summed E-state index contributed by atoms with van der Waals surface area (Å²) in [5.74, 6) is 1.41. The van der Waals surface area contributed by atoms with Gasteiger partial charge in [0.15, 0.2) is 0 Å². The van der Waals surface area contributed by atoms with Crippen LogP contribution >= 0.6 is 0 Å². The number of aldehydes is 1. The number of rotatable bonds is 3. The number of hydrogen-bond acceptors (Lipinski definition) is 1. The molecule has 5 rings (SSSR count). The Hall–Kier alpha value is -1.18. The third-order valence-corrected chi connectivity index (χ3v) is 6.16. The first-order chi connectivity index (χ1) is 9.63. The second-order valence-corrected chi connectivity index (χ2v) is 7.62. The van der Waals surface area contributed by atoms with Gasteiger partial charge in [-0.15, -0.1) is 0 Å². The Morgan fingerprint density at radius 1 is 1.10 bits per heavy atom. The van der Waals surface area contributed by atoms with Gasteiger partial charge in [-0.3, -0.25) is 0 Å². The van der Waals surface area contributed by atoms with Crippen molar-refractivity contribution in [3.8, 4) is 0 Å². The maximum Gasteiger partial charge on any atom is 0.123 e. The average Bonchev–Trinajstić information content (AvgIpc) is 2.37. The molecule has 0 spiro atoms. The molecule has 4 fully saturated rings. The van der Waals surface area contributed by atoms with Crippen molar-refractivity contribution in [2.24, 2.45) is 17.3 Å². The fourth-order valence-corrected chi connectivity index (χ4v) is 6.01. The molecular formula is C18H21FO. The van der Waals surface area contributed by atoms with E-state index < -0.39 is 0 Å². The molecule has 0 heterocycles. The van der Waals surface area contributed by atoms with Crippen LogP contribution < -0.4 is 0 Å². The number of carbonyl (C=O) groups is 1. The number of benzene rings is 1. The Balaban J connectivity index is 1.74. The minimum Gasteiger partial charge on any atom is -0.303 e. The Bertz CT molecular complexity index is 519. The molecule has 1 nitrogen and oxygen atoms in total. The molecule has 1 aromatic rings. The molecule has 2 heteroatoms. The highest BCUT2D eigenvalue weighted by Crippen LogP contribution is 2.66. The summed E-state index contributed by atoms with van der Waals surface area (Å²) < 4.78 is 13.2. The van der Waals surface area contributed by atoms with Crippen LogP contribution in [0, 0.1) is 23.1 Å². The van der Waals surface area contributed by atoms with Gasteiger partial charge in [0.2, 0.25) is 0 Å². The van der Waals surface area contributed by atoms with Gasteiger partial charge in [0.1, 0.15) is 12.1 Å². The average molecular weight is 272 g/mol. The van der Waals surface area contributed by atoms with Gasteiger partial charge in [0.25, 0.3) is 0 Å². The minimum absolute atomic E-state index is 0.152. The van der Waals surface area contributed by atoms with Crippen molar-refractivity contribution in [1.29, 1.82) is 0 Å². The molecule has 4 bridgehead atoms. The largest absolute Gasteiger partial charge is 0.303 e. The van der Waals surface area contributed by atoms with E-state index in [4.69, 9.17) is 0 Å². The molecule has 1 aromatic carbocycles. The van der Waals surface area contributed by atoms with E-state index in [0.717, 1.165) is 31.0 Å². The van der Waals surface area contributed by atoms with E-state index in [2.05, 4.69) is 0 Å². The summed E-state index contributed by atoms with van der Waals surface area (Å²) in [6, 6.07) is 7.16. The fourth-order valence-electron chi connectivity index (χ4n) is 6.01. The highest BCUT2D eigenvalue weighted by atomic mass is 19.1. The molecule has 4 saturated carbocycles. The van der Waals surface area contributed by atoms with Crippen molar-refractivity contribution in [3.63, 3.8) is 0 Å². The van der Waals surface area contributed by atoms with Crippen LogP contribution in [-0.2, 0) is 10.2 Å². The smallest absolute Gasteiger partial charge is 0.123 e. The monoisotopic (exact) mass is 272 g/mol. The van der Waals surface area contributed by atoms with Crippen LogP contribution in [-0.4, -0.2) is 6.29 Å². The van der Waals surface area contributed by atoms with Crippen LogP contribution in [0.1, 0.15) is 50.5 Å². The van der Waals surface area contributed by atoms with Gasteiger partial charge in [-0.2, -0.15) is 0 Å². The lowest BCUT2D eigenvalue weighted by molar-refractivity contribution is -0.118. The Kier molecular flexibility index (Phi) is 2.61. The third kappa shape index (κ3) is 1.77. The molecule has 0 aliphatic heterocycles. The Morgan fingerprint density at radius 3 is 2.35 bits per heavy atom. The van der Waals surface area contributed by atoms with Crippen LogP contribution in [0.2, 0.25) is 0 Å². The molecule has 0 radical (unpaired) electrons. The van der Waals surface area contributed by atoms with E-state index >= 15 is 0 Å². The maximum atomic E-state index is 13.2. The molecule has 0 N–H and O–H groups in total. The highest BCUT2D eigenvalue weighted by Gasteiger charge is 2.57. The van der Waals surface area contributed by atoms with Gasteiger partial charge in [-0.25, -0.2) is 4.39 Å². The summed E-state index contributed by atoms with van der Waals surface area (Å²) in [6.07, 6.45) is 9.32. The molecule has 0 amide bonds. The zero-order chi connectivity index (χ0) is 13.8. The van der Waals surface area contributed by atoms with Gasteiger partial charge < -0.3 is 4.79 Å². The predicted molar refractivity (Wildman–Crippen MR) is 75.9 cm³/mol. The predicted octanol–water partition coefficient (Wildman–Crippen LogP) is 4.25. The van der Waals surface area contributed by atoms with Gasteiger partial charge in [0.05, 0.1) is 0 Å². The lowest BCUT2D eigenvalue weighted by Crippen LogP contribution is -2.54. The molecule has 20 heavy (non-hydrogen) atoms. The van der Waals surface area contributed by atoms with Crippen LogP contribution in [0.5, 0.6) is 0 Å². The summed E-state index contributed by atoms with van der Waals surface area (Å²) in [7, 11) is 0. The summed E-state index contributed by atoms with van der Waals surface area (Å²) in [5, 5.41) is 0. The topological polar surface area (TPSA) is 17.1 Å². The summed E-state index contributed by atoms with van der Waals surface area (Å²) in [5.41, 5.74) is 1.78. The molecule has 4 aliphatic rings. The molecule has 0 aromatic heterocycles. The lowest BCUT2D eigenvalue weighted by Gasteiger charge is -2.62. The van der Waals surface area contributed by atoms with Crippen molar-refractivity contribution in [2.75, 3.05) is 0 Å². The Morgan fingerprint density at radius 2 is 1.75 bits per heavy atom. The van der Waals surface area contributed by atoms with Gasteiger partial charge in [-0.05, 0) is 78.9 Å². The molecule has 4 aliphatic carbocycles. The minimum atomic E-state index is -0.152. The summed E-state index contributed by atoms with van der Waals surface area (Å²) in [4.78, 5) is 11.1. The third-order valence-electron chi connectivity index (χ3n) is 6.16. The van der Waals surface area contributed by atoms with E-state index in [-0.39, 0.29) is 16.6 Å². The number of halogens is 1. The second kappa shape index (κ2) is 4.16. The van der Waals surface area contributed by atoms with Crippen molar-refractivity contribution in [3.05, 3.63) is 35.6 Å². The second-order valence-electron chi connectivity index (χ2n) is 7.62. The molecule has 2 unspecified atom stereocenters. The SMILES string of the molecule is O=CCC12CC3CC(C1)CC(c1ccc(F)cc1)(C3)C2. The first kappa shape index (κ1) is 12.6. The van der Waals surface area contributed by atoms with Crippen molar-refractivity contribution in [1.82, 2.24) is 0 Å². The first-order valence-corrected chi connectivity index (χ1v) is 7.83. The van der Waals surface area contributed by atoms with Crippen molar-refractivity contribution < 1.29 is 9.18 Å². The van der Waals surface area contributed by atoms with E-state index in [0.29, 0.717) is 0 Å². The summed E-state index contributed by atoms with van der Waals surface area (Å²) in [6.45, 7) is 0. The first-order valence-electron chi connectivity index (χ1n) is 7.83. The van der Waals surface area contributed by atoms with Crippen LogP contribution in [0.25, 0.3) is 0 Å². The van der Waals surface area contributed by atoms with Crippen LogP contribution in [0.15, 0.2) is 24.3 Å². The fraction of sp³-hybridized carbons (Fsp3) is 0.611. The van der Waals surface area contributed by atoms with E-state index in [1.165, 1.54) is 37.7 Å². The van der Waals surface area contributed by atoms with Crippen LogP contribution in [0.4, 0.5) is 4.39 Å². The normalized spacial score (nSPS) is 41.9. The highest BCUT2D eigenvalue weighted by molar-refractivity contribution is 5.51. The maximum absolute atomic E-state index is 13.2. The van der Waals surface area contributed by atoms with E-state index in [1.807, 2.05) is 12.1 Å². The Labute approximate surface area is 119 Å². The molecule has 106 valence electrons. The van der Waals surface area contributed by atoms with Crippen molar-refractivity contribution in [2.45, 2.75) is 50.4 Å². The number of hydrogen-bond donors (Lipinski definition) is 0. The quantitative estimate of drug-likeness (QED) is 0.752. The standard InChI is InChI=1S/C18H21FO/c19-16-3-1-15(2-4-16)18-10-13-7-14(11-18)9-17(8-13,12-18)5-6-20/h1-4,6,13-14H,5,7-12H2. The molecule has 0 saturated heterocycles.